The predicted molar refractivity (Wildman–Crippen MR) is 153 cm³/mol. The number of ketones is 1. The molecule has 0 bridgehead atoms. The number of hydrogen-bond donors (Lipinski definition) is 0. The first-order valence-corrected chi connectivity index (χ1v) is 12.2. The number of oxime groups is 3. The Morgan fingerprint density at radius 2 is 1.52 bits per heavy atom. The van der Waals surface area contributed by atoms with Crippen LogP contribution < -0.4 is 0 Å². The van der Waals surface area contributed by atoms with Gasteiger partial charge in [0.05, 0.1) is 7.11 Å². The van der Waals surface area contributed by atoms with Gasteiger partial charge < -0.3 is 19.2 Å². The van der Waals surface area contributed by atoms with Crippen molar-refractivity contribution in [3.8, 4) is 11.8 Å². The van der Waals surface area contributed by atoms with Crippen molar-refractivity contribution in [2.45, 2.75) is 13.5 Å². The Balaban J connectivity index is 1.75. The molecule has 0 saturated carbocycles. The standard InChI is InChI=1S/C30H26ClN3O6/c1-20(32-40-19-24-8-5-6-11-26(24)29(34-39-4)30(36)37-2)28(33-38-3)22-15-12-21(13-16-22)14-17-27(35)23-9-7-10-25(31)18-23/h5-13,15-16,18H,19H2,1-4H3/b32-20+,33-28-,34-29?. The molecule has 0 radical (unpaired) electrons. The molecular weight excluding hydrogens is 534 g/mol. The molecule has 0 aromatic heterocycles. The van der Waals surface area contributed by atoms with Crippen LogP contribution in [0.5, 0.6) is 0 Å². The number of esters is 1. The summed E-state index contributed by atoms with van der Waals surface area (Å²) in [4.78, 5) is 39.9. The van der Waals surface area contributed by atoms with Gasteiger partial charge in [0.25, 0.3) is 0 Å². The second-order valence-corrected chi connectivity index (χ2v) is 8.45. The summed E-state index contributed by atoms with van der Waals surface area (Å²) in [7, 11) is 4.03. The summed E-state index contributed by atoms with van der Waals surface area (Å²) in [6.07, 6.45) is 0. The summed E-state index contributed by atoms with van der Waals surface area (Å²) in [5.74, 6) is 4.50. The summed E-state index contributed by atoms with van der Waals surface area (Å²) in [6, 6.07) is 20.7. The Labute approximate surface area is 237 Å². The molecule has 9 nitrogen and oxygen atoms in total. The largest absolute Gasteiger partial charge is 0.464 e. The molecular formula is C30H26ClN3O6. The highest BCUT2D eigenvalue weighted by Crippen LogP contribution is 2.15. The van der Waals surface area contributed by atoms with E-state index in [1.165, 1.54) is 21.3 Å². The molecule has 0 saturated heterocycles. The molecule has 204 valence electrons. The SMILES string of the molecule is CON=C(C(=O)OC)c1ccccc1CO/N=C(C)/C(=N/OC)c1ccc(C#CC(=O)c2cccc(Cl)c2)cc1. The minimum atomic E-state index is -0.648. The fourth-order valence-corrected chi connectivity index (χ4v) is 3.65. The zero-order valence-electron chi connectivity index (χ0n) is 22.3. The van der Waals surface area contributed by atoms with Gasteiger partial charge in [0.1, 0.15) is 32.2 Å². The maximum absolute atomic E-state index is 12.3. The van der Waals surface area contributed by atoms with E-state index in [9.17, 15) is 9.59 Å². The number of rotatable bonds is 10. The first-order chi connectivity index (χ1) is 19.4. The molecule has 0 aliphatic heterocycles. The Kier molecular flexibility index (Phi) is 11.0. The molecule has 3 aromatic carbocycles. The van der Waals surface area contributed by atoms with E-state index in [0.717, 1.165) is 0 Å². The summed E-state index contributed by atoms with van der Waals surface area (Å²) in [5.41, 5.74) is 3.75. The van der Waals surface area contributed by atoms with Gasteiger partial charge in [-0.05, 0) is 37.1 Å². The second kappa shape index (κ2) is 14.9. The molecule has 0 spiro atoms. The topological polar surface area (TPSA) is 108 Å². The molecule has 0 N–H and O–H groups in total. The molecule has 0 fully saturated rings. The number of carbonyl (C=O) groups excluding carboxylic acids is 2. The maximum Gasteiger partial charge on any atom is 0.360 e. The fourth-order valence-electron chi connectivity index (χ4n) is 3.46. The minimum Gasteiger partial charge on any atom is -0.464 e. The number of ether oxygens (including phenoxy) is 1. The zero-order chi connectivity index (χ0) is 28.9. The van der Waals surface area contributed by atoms with Crippen LogP contribution in [0.3, 0.4) is 0 Å². The monoisotopic (exact) mass is 559 g/mol. The third-order valence-corrected chi connectivity index (χ3v) is 5.58. The Morgan fingerprint density at radius 1 is 0.825 bits per heavy atom. The van der Waals surface area contributed by atoms with E-state index in [4.69, 9.17) is 30.9 Å². The summed E-state index contributed by atoms with van der Waals surface area (Å²) in [5, 5.41) is 12.5. The van der Waals surface area contributed by atoms with Gasteiger partial charge in [-0.3, -0.25) is 4.79 Å². The number of benzene rings is 3. The van der Waals surface area contributed by atoms with Crippen LogP contribution in [0.1, 0.15) is 39.5 Å². The summed E-state index contributed by atoms with van der Waals surface area (Å²) < 4.78 is 4.81. The van der Waals surface area contributed by atoms with Gasteiger partial charge in [-0.2, -0.15) is 0 Å². The quantitative estimate of drug-likeness (QED) is 0.113. The molecule has 3 rings (SSSR count). The molecule has 40 heavy (non-hydrogen) atoms. The number of hydrogen-bond acceptors (Lipinski definition) is 9. The first kappa shape index (κ1) is 29.6. The molecule has 0 amide bonds. The number of carbonyl (C=O) groups is 2. The Morgan fingerprint density at radius 3 is 2.20 bits per heavy atom. The van der Waals surface area contributed by atoms with Crippen molar-refractivity contribution in [1.82, 2.24) is 0 Å². The van der Waals surface area contributed by atoms with Crippen molar-refractivity contribution in [2.75, 3.05) is 21.3 Å². The van der Waals surface area contributed by atoms with Crippen molar-refractivity contribution < 1.29 is 28.8 Å². The van der Waals surface area contributed by atoms with E-state index in [0.29, 0.717) is 44.3 Å². The van der Waals surface area contributed by atoms with Gasteiger partial charge in [-0.25, -0.2) is 4.79 Å². The number of nitrogens with zero attached hydrogens (tertiary/aromatic N) is 3. The van der Waals surface area contributed by atoms with Gasteiger partial charge in [0.2, 0.25) is 5.78 Å². The lowest BCUT2D eigenvalue weighted by Gasteiger charge is -2.10. The van der Waals surface area contributed by atoms with E-state index in [-0.39, 0.29) is 18.1 Å². The van der Waals surface area contributed by atoms with E-state index in [1.54, 1.807) is 79.7 Å². The second-order valence-electron chi connectivity index (χ2n) is 8.01. The number of Topliss-reactive ketones (excluding diaryl/α,β-unsaturated/α-hetero) is 1. The van der Waals surface area contributed by atoms with E-state index in [2.05, 4.69) is 27.3 Å². The van der Waals surface area contributed by atoms with Gasteiger partial charge in [0.15, 0.2) is 5.71 Å². The molecule has 0 aliphatic carbocycles. The van der Waals surface area contributed by atoms with Crippen LogP contribution in [-0.4, -0.2) is 50.2 Å². The summed E-state index contributed by atoms with van der Waals surface area (Å²) >= 11 is 5.95. The van der Waals surface area contributed by atoms with Crippen LogP contribution in [-0.2, 0) is 30.7 Å². The fraction of sp³-hybridized carbons (Fsp3) is 0.167. The molecule has 10 heteroatoms. The lowest BCUT2D eigenvalue weighted by molar-refractivity contribution is -0.132. The van der Waals surface area contributed by atoms with E-state index < -0.39 is 5.97 Å². The van der Waals surface area contributed by atoms with Crippen molar-refractivity contribution in [3.63, 3.8) is 0 Å². The van der Waals surface area contributed by atoms with Gasteiger partial charge in [0, 0.05) is 32.8 Å². The molecule has 0 unspecified atom stereocenters. The van der Waals surface area contributed by atoms with Crippen molar-refractivity contribution in [2.24, 2.45) is 15.5 Å². The van der Waals surface area contributed by atoms with Crippen molar-refractivity contribution >= 4 is 40.5 Å². The Hall–Kier alpha value is -4.94. The minimum absolute atomic E-state index is 0.00370. The first-order valence-electron chi connectivity index (χ1n) is 11.9. The van der Waals surface area contributed by atoms with Gasteiger partial charge >= 0.3 is 5.97 Å². The molecule has 3 aromatic rings. The highest BCUT2D eigenvalue weighted by atomic mass is 35.5. The zero-order valence-corrected chi connectivity index (χ0v) is 23.1. The highest BCUT2D eigenvalue weighted by Gasteiger charge is 2.19. The average Bonchev–Trinajstić information content (AvgIpc) is 2.97. The highest BCUT2D eigenvalue weighted by molar-refractivity contribution is 6.47. The summed E-state index contributed by atoms with van der Waals surface area (Å²) in [6.45, 7) is 1.75. The van der Waals surface area contributed by atoms with Crippen LogP contribution in [0.2, 0.25) is 5.02 Å². The molecule has 0 aliphatic rings. The molecule has 0 atom stereocenters. The van der Waals surface area contributed by atoms with Crippen LogP contribution in [0.25, 0.3) is 0 Å². The van der Waals surface area contributed by atoms with Crippen LogP contribution >= 0.6 is 11.6 Å². The number of methoxy groups -OCH3 is 1. The Bertz CT molecular complexity index is 1520. The predicted octanol–water partition coefficient (Wildman–Crippen LogP) is 5.04. The van der Waals surface area contributed by atoms with Crippen LogP contribution in [0.15, 0.2) is 88.3 Å². The number of halogens is 1. The van der Waals surface area contributed by atoms with E-state index >= 15 is 0 Å². The average molecular weight is 560 g/mol. The normalized spacial score (nSPS) is 11.7. The van der Waals surface area contributed by atoms with E-state index in [1.807, 2.05) is 0 Å². The lowest BCUT2D eigenvalue weighted by Crippen LogP contribution is -2.19. The maximum atomic E-state index is 12.3. The van der Waals surface area contributed by atoms with Crippen LogP contribution in [0.4, 0.5) is 0 Å². The molecule has 0 heterocycles. The smallest absolute Gasteiger partial charge is 0.360 e. The third-order valence-electron chi connectivity index (χ3n) is 5.35. The van der Waals surface area contributed by atoms with Gasteiger partial charge in [-0.1, -0.05) is 81.5 Å². The van der Waals surface area contributed by atoms with Crippen molar-refractivity contribution in [3.05, 3.63) is 106 Å². The lowest BCUT2D eigenvalue weighted by atomic mass is 10.0. The van der Waals surface area contributed by atoms with Crippen molar-refractivity contribution in [1.29, 1.82) is 0 Å². The third kappa shape index (κ3) is 8.03. The van der Waals surface area contributed by atoms with Crippen LogP contribution in [0, 0.1) is 11.8 Å². The van der Waals surface area contributed by atoms with Gasteiger partial charge in [-0.15, -0.1) is 0 Å².